The van der Waals surface area contributed by atoms with E-state index in [-0.39, 0.29) is 10.9 Å². The number of hydrogen-bond acceptors (Lipinski definition) is 4. The smallest absolute Gasteiger partial charge is 0.247 e. The fourth-order valence-electron chi connectivity index (χ4n) is 3.16. The Morgan fingerprint density at radius 3 is 2.90 bits per heavy atom. The van der Waals surface area contributed by atoms with E-state index in [2.05, 4.69) is 21.2 Å². The Hall–Kier alpha value is -0.340. The molecule has 0 amide bonds. The van der Waals surface area contributed by atoms with Crippen molar-refractivity contribution in [3.8, 4) is 5.75 Å². The van der Waals surface area contributed by atoms with Crippen LogP contribution in [0.15, 0.2) is 21.5 Å². The second-order valence-corrected chi connectivity index (χ2v) is 8.46. The number of nitrogens with one attached hydrogen (secondary N) is 1. The maximum Gasteiger partial charge on any atom is 0.247 e. The van der Waals surface area contributed by atoms with Gasteiger partial charge in [0.25, 0.3) is 0 Å². The second kappa shape index (κ2) is 5.70. The molecule has 2 aliphatic rings. The van der Waals surface area contributed by atoms with Gasteiger partial charge in [-0.2, -0.15) is 4.31 Å². The molecule has 8 heteroatoms. The van der Waals surface area contributed by atoms with Crippen LogP contribution in [-0.2, 0) is 10.0 Å². The molecule has 116 valence electrons. The molecule has 1 N–H and O–H groups in total. The predicted molar refractivity (Wildman–Crippen MR) is 84.4 cm³/mol. The fraction of sp³-hybridized carbons (Fsp3) is 0.538. The minimum absolute atomic E-state index is 0.0254. The highest BCUT2D eigenvalue weighted by Crippen LogP contribution is 2.40. The van der Waals surface area contributed by atoms with E-state index in [9.17, 15) is 8.42 Å². The SMILES string of the molecule is COc1c(Br)cc(Cl)cc1S(=O)(=O)N1CC[C@H]2CNC[C@H]21. The maximum atomic E-state index is 13.0. The van der Waals surface area contributed by atoms with Crippen LogP contribution >= 0.6 is 27.5 Å². The molecule has 2 saturated heterocycles. The summed E-state index contributed by atoms with van der Waals surface area (Å²) in [7, 11) is -2.17. The number of methoxy groups -OCH3 is 1. The minimum Gasteiger partial charge on any atom is -0.494 e. The normalized spacial score (nSPS) is 26.0. The number of halogens is 2. The number of hydrogen-bond donors (Lipinski definition) is 1. The molecule has 0 unspecified atom stereocenters. The summed E-state index contributed by atoms with van der Waals surface area (Å²) in [6, 6.07) is 3.11. The molecule has 1 aromatic rings. The zero-order valence-corrected chi connectivity index (χ0v) is 14.6. The maximum absolute atomic E-state index is 13.0. The van der Waals surface area contributed by atoms with Crippen molar-refractivity contribution in [3.05, 3.63) is 21.6 Å². The Bertz CT molecular complexity index is 668. The van der Waals surface area contributed by atoms with Crippen LogP contribution in [0.2, 0.25) is 5.02 Å². The molecule has 0 saturated carbocycles. The summed E-state index contributed by atoms with van der Waals surface area (Å²) in [4.78, 5) is 0.122. The summed E-state index contributed by atoms with van der Waals surface area (Å²) in [6.45, 7) is 2.13. The molecule has 5 nitrogen and oxygen atoms in total. The van der Waals surface area contributed by atoms with E-state index in [4.69, 9.17) is 16.3 Å². The van der Waals surface area contributed by atoms with Crippen LogP contribution in [0.3, 0.4) is 0 Å². The van der Waals surface area contributed by atoms with E-state index < -0.39 is 10.0 Å². The van der Waals surface area contributed by atoms with Gasteiger partial charge in [-0.05, 0) is 46.9 Å². The summed E-state index contributed by atoms with van der Waals surface area (Å²) in [5.41, 5.74) is 0. The first-order chi connectivity index (χ1) is 9.95. The van der Waals surface area contributed by atoms with E-state index in [1.807, 2.05) is 0 Å². The molecular formula is C13H16BrClN2O3S. The molecule has 0 radical (unpaired) electrons. The average Bonchev–Trinajstić information content (AvgIpc) is 2.99. The predicted octanol–water partition coefficient (Wildman–Crippen LogP) is 2.09. The van der Waals surface area contributed by atoms with Crippen LogP contribution in [0.25, 0.3) is 0 Å². The van der Waals surface area contributed by atoms with Gasteiger partial charge in [0, 0.05) is 24.2 Å². The van der Waals surface area contributed by atoms with E-state index >= 15 is 0 Å². The Morgan fingerprint density at radius 2 is 2.19 bits per heavy atom. The molecule has 21 heavy (non-hydrogen) atoms. The average molecular weight is 396 g/mol. The number of nitrogens with zero attached hydrogens (tertiary/aromatic N) is 1. The molecule has 2 fully saturated rings. The van der Waals surface area contributed by atoms with Gasteiger partial charge in [-0.25, -0.2) is 8.42 Å². The third kappa shape index (κ3) is 2.59. The molecule has 0 bridgehead atoms. The van der Waals surface area contributed by atoms with Crippen LogP contribution in [0, 0.1) is 5.92 Å². The molecule has 1 aromatic carbocycles. The van der Waals surface area contributed by atoms with Crippen molar-refractivity contribution in [1.29, 1.82) is 0 Å². The largest absolute Gasteiger partial charge is 0.494 e. The fourth-order valence-corrected chi connectivity index (χ4v) is 6.23. The van der Waals surface area contributed by atoms with Crippen LogP contribution in [0.4, 0.5) is 0 Å². The van der Waals surface area contributed by atoms with Crippen LogP contribution in [0.5, 0.6) is 5.75 Å². The summed E-state index contributed by atoms with van der Waals surface area (Å²) in [6.07, 6.45) is 0.890. The van der Waals surface area contributed by atoms with Crippen molar-refractivity contribution in [2.45, 2.75) is 17.4 Å². The summed E-state index contributed by atoms with van der Waals surface area (Å²) in [5.74, 6) is 0.696. The highest BCUT2D eigenvalue weighted by atomic mass is 79.9. The Balaban J connectivity index is 2.06. The number of fused-ring (bicyclic) bond motifs is 1. The van der Waals surface area contributed by atoms with Gasteiger partial charge < -0.3 is 10.1 Å². The van der Waals surface area contributed by atoms with E-state index in [1.165, 1.54) is 13.2 Å². The topological polar surface area (TPSA) is 58.6 Å². The van der Waals surface area contributed by atoms with Gasteiger partial charge in [0.1, 0.15) is 4.90 Å². The van der Waals surface area contributed by atoms with E-state index in [0.717, 1.165) is 13.0 Å². The number of rotatable bonds is 3. The van der Waals surface area contributed by atoms with Crippen molar-refractivity contribution in [2.75, 3.05) is 26.7 Å². The van der Waals surface area contributed by atoms with Crippen LogP contribution in [0.1, 0.15) is 6.42 Å². The lowest BCUT2D eigenvalue weighted by molar-refractivity contribution is 0.372. The van der Waals surface area contributed by atoms with Gasteiger partial charge in [0.15, 0.2) is 5.75 Å². The molecule has 0 spiro atoms. The van der Waals surface area contributed by atoms with Gasteiger partial charge in [-0.3, -0.25) is 0 Å². The zero-order chi connectivity index (χ0) is 15.2. The quantitative estimate of drug-likeness (QED) is 0.851. The first-order valence-corrected chi connectivity index (χ1v) is 9.32. The Morgan fingerprint density at radius 1 is 1.43 bits per heavy atom. The first kappa shape index (κ1) is 15.6. The van der Waals surface area contributed by atoms with Gasteiger partial charge >= 0.3 is 0 Å². The molecule has 0 aliphatic carbocycles. The van der Waals surface area contributed by atoms with Crippen molar-refractivity contribution in [1.82, 2.24) is 9.62 Å². The molecule has 2 aliphatic heterocycles. The molecule has 0 aromatic heterocycles. The van der Waals surface area contributed by atoms with Gasteiger partial charge in [0.05, 0.1) is 11.6 Å². The van der Waals surface area contributed by atoms with Crippen molar-refractivity contribution in [2.24, 2.45) is 5.92 Å². The standard InChI is InChI=1S/C13H16BrClN2O3S/c1-20-13-10(14)4-9(15)5-12(13)21(18,19)17-3-2-8-6-16-7-11(8)17/h4-5,8,11,16H,2-3,6-7H2,1H3/t8-,11+/m0/s1. The second-order valence-electron chi connectivity index (χ2n) is 5.31. The van der Waals surface area contributed by atoms with Gasteiger partial charge in [0.2, 0.25) is 10.0 Å². The molecule has 2 heterocycles. The van der Waals surface area contributed by atoms with Crippen LogP contribution < -0.4 is 10.1 Å². The third-order valence-electron chi connectivity index (χ3n) is 4.16. The lowest BCUT2D eigenvalue weighted by atomic mass is 10.1. The number of ether oxygens (including phenoxy) is 1. The lowest BCUT2D eigenvalue weighted by Gasteiger charge is -2.24. The van der Waals surface area contributed by atoms with Gasteiger partial charge in [-0.15, -0.1) is 0 Å². The van der Waals surface area contributed by atoms with E-state index in [0.29, 0.717) is 34.3 Å². The highest BCUT2D eigenvalue weighted by Gasteiger charge is 2.44. The van der Waals surface area contributed by atoms with E-state index in [1.54, 1.807) is 10.4 Å². The van der Waals surface area contributed by atoms with Crippen molar-refractivity contribution in [3.63, 3.8) is 0 Å². The summed E-state index contributed by atoms with van der Waals surface area (Å²) >= 11 is 9.33. The lowest BCUT2D eigenvalue weighted by Crippen LogP contribution is -2.39. The molecule has 3 rings (SSSR count). The zero-order valence-electron chi connectivity index (χ0n) is 11.5. The Kier molecular flexibility index (Phi) is 4.22. The minimum atomic E-state index is -3.63. The molecule has 2 atom stereocenters. The van der Waals surface area contributed by atoms with Crippen molar-refractivity contribution < 1.29 is 13.2 Å². The van der Waals surface area contributed by atoms with Crippen molar-refractivity contribution >= 4 is 37.6 Å². The number of sulfonamides is 1. The van der Waals surface area contributed by atoms with Gasteiger partial charge in [-0.1, -0.05) is 11.6 Å². The summed E-state index contributed by atoms with van der Waals surface area (Å²) in [5, 5.41) is 3.62. The Labute approximate surface area is 137 Å². The first-order valence-electron chi connectivity index (χ1n) is 6.70. The summed E-state index contributed by atoms with van der Waals surface area (Å²) < 4.78 is 33.4. The number of benzene rings is 1. The third-order valence-corrected chi connectivity index (χ3v) is 6.90. The monoisotopic (exact) mass is 394 g/mol. The molecular weight excluding hydrogens is 380 g/mol. The highest BCUT2D eigenvalue weighted by molar-refractivity contribution is 9.10. The van der Waals surface area contributed by atoms with Crippen LogP contribution in [-0.4, -0.2) is 45.5 Å².